The molecule has 1 nitrogen and oxygen atoms in total. The van der Waals surface area contributed by atoms with Gasteiger partial charge in [0.2, 0.25) is 0 Å². The SMILES string of the molecule is c1ccc2c(c1)Sc1ccccc1C21c2ccccc2-c2ccc(N(c3ccc4c(c3)C3(c5ccccc5Sc5ccccc53)c3ccccc3-4)c3ccc4c5ccccc5c5ccccc5c4c3)cc21. The van der Waals surface area contributed by atoms with Crippen LogP contribution >= 0.6 is 23.5 Å². The zero-order valence-electron chi connectivity index (χ0n) is 38.4. The van der Waals surface area contributed by atoms with Crippen LogP contribution < -0.4 is 4.90 Å². The second-order valence-corrected chi connectivity index (χ2v) is 21.6. The Balaban J connectivity index is 1.01. The molecule has 2 spiro atoms. The largest absolute Gasteiger partial charge is 0.310 e. The Hall–Kier alpha value is -8.08. The third kappa shape index (κ3) is 5.19. The van der Waals surface area contributed by atoms with Crippen LogP contribution in [-0.2, 0) is 10.8 Å². The van der Waals surface area contributed by atoms with Crippen molar-refractivity contribution in [3.63, 3.8) is 0 Å². The molecular formula is C68H41NS2. The van der Waals surface area contributed by atoms with Crippen molar-refractivity contribution in [1.29, 1.82) is 0 Å². The summed E-state index contributed by atoms with van der Waals surface area (Å²) in [6.07, 6.45) is 0. The smallest absolute Gasteiger partial charge is 0.0736 e. The summed E-state index contributed by atoms with van der Waals surface area (Å²) in [7, 11) is 0. The average Bonchev–Trinajstić information content (AvgIpc) is 3.89. The minimum absolute atomic E-state index is 0.513. The van der Waals surface area contributed by atoms with E-state index in [0.29, 0.717) is 0 Å². The number of hydrogen-bond acceptors (Lipinski definition) is 3. The minimum Gasteiger partial charge on any atom is -0.310 e. The van der Waals surface area contributed by atoms with Gasteiger partial charge < -0.3 is 4.90 Å². The molecule has 12 aromatic rings. The first kappa shape index (κ1) is 39.7. The third-order valence-corrected chi connectivity index (χ3v) is 18.5. The van der Waals surface area contributed by atoms with Gasteiger partial charge in [-0.1, -0.05) is 212 Å². The quantitative estimate of drug-likeness (QED) is 0.163. The highest BCUT2D eigenvalue weighted by Crippen LogP contribution is 2.65. The van der Waals surface area contributed by atoms with Crippen molar-refractivity contribution in [3.05, 3.63) is 293 Å². The van der Waals surface area contributed by atoms with Crippen LogP contribution in [0.3, 0.4) is 0 Å². The van der Waals surface area contributed by atoms with Gasteiger partial charge in [-0.05, 0) is 160 Å². The molecule has 0 radical (unpaired) electrons. The lowest BCUT2D eigenvalue weighted by atomic mass is 9.67. The van der Waals surface area contributed by atoms with Gasteiger partial charge >= 0.3 is 0 Å². The molecule has 0 saturated carbocycles. The number of hydrogen-bond donors (Lipinski definition) is 0. The van der Waals surface area contributed by atoms with Gasteiger partial charge in [-0.25, -0.2) is 0 Å². The predicted molar refractivity (Wildman–Crippen MR) is 296 cm³/mol. The molecule has 3 heteroatoms. The molecule has 4 aliphatic rings. The van der Waals surface area contributed by atoms with Crippen LogP contribution in [0, 0.1) is 0 Å². The molecule has 0 aromatic heterocycles. The Morgan fingerprint density at radius 1 is 0.225 bits per heavy atom. The van der Waals surface area contributed by atoms with Crippen molar-refractivity contribution in [1.82, 2.24) is 0 Å². The first-order valence-electron chi connectivity index (χ1n) is 24.6. The molecule has 12 aromatic carbocycles. The first-order chi connectivity index (χ1) is 35.2. The molecule has 0 amide bonds. The van der Waals surface area contributed by atoms with Crippen LogP contribution in [0.1, 0.15) is 44.5 Å². The lowest BCUT2D eigenvalue weighted by Crippen LogP contribution is -2.32. The van der Waals surface area contributed by atoms with Gasteiger partial charge in [-0.15, -0.1) is 0 Å². The lowest BCUT2D eigenvalue weighted by molar-refractivity contribution is 0.721. The van der Waals surface area contributed by atoms with Crippen LogP contribution in [-0.4, -0.2) is 0 Å². The Morgan fingerprint density at radius 2 is 0.521 bits per heavy atom. The molecule has 2 aliphatic heterocycles. The summed E-state index contributed by atoms with van der Waals surface area (Å²) in [5.74, 6) is 0. The summed E-state index contributed by atoms with van der Waals surface area (Å²) in [6, 6.07) is 94.5. The number of rotatable bonds is 3. The van der Waals surface area contributed by atoms with E-state index in [-0.39, 0.29) is 0 Å². The van der Waals surface area contributed by atoms with Gasteiger partial charge in [0.05, 0.1) is 10.8 Å². The highest BCUT2D eigenvalue weighted by atomic mass is 32.2. The van der Waals surface area contributed by atoms with E-state index >= 15 is 0 Å². The number of fused-ring (bicyclic) bond motifs is 24. The fraction of sp³-hybridized carbons (Fsp3) is 0.0294. The standard InChI is InChI=1S/C68H41NS2/c1-2-19-47-45(17-1)46-18-3-4-20-48(46)54-39-42(33-36-49(47)54)69(43-34-37-52-50-21-5-7-23-55(50)67(61(52)40-43)57-25-9-13-29-63(57)70-64-30-14-10-26-58(64)67)44-35-38-53-51-22-6-8-24-56(51)68(62(53)41-44)59-27-11-15-31-65(59)71-66-32-16-12-28-60(66)68/h1-41H. The predicted octanol–water partition coefficient (Wildman–Crippen LogP) is 18.3. The molecule has 2 aliphatic carbocycles. The van der Waals surface area contributed by atoms with Crippen LogP contribution in [0.15, 0.2) is 268 Å². The second kappa shape index (κ2) is 14.7. The summed E-state index contributed by atoms with van der Waals surface area (Å²) in [5.41, 5.74) is 18.2. The summed E-state index contributed by atoms with van der Waals surface area (Å²) in [5, 5.41) is 7.59. The summed E-state index contributed by atoms with van der Waals surface area (Å²) >= 11 is 3.79. The molecule has 16 rings (SSSR count). The highest BCUT2D eigenvalue weighted by molar-refractivity contribution is 7.99. The fourth-order valence-corrected chi connectivity index (χ4v) is 15.8. The Bertz CT molecular complexity index is 3960. The van der Waals surface area contributed by atoms with E-state index in [1.165, 1.54) is 119 Å². The van der Waals surface area contributed by atoms with E-state index in [0.717, 1.165) is 17.1 Å². The van der Waals surface area contributed by atoms with E-state index in [2.05, 4.69) is 254 Å². The second-order valence-electron chi connectivity index (χ2n) is 19.4. The maximum atomic E-state index is 2.56. The average molecular weight is 936 g/mol. The van der Waals surface area contributed by atoms with Gasteiger partial charge in [0.25, 0.3) is 0 Å². The van der Waals surface area contributed by atoms with Crippen molar-refractivity contribution in [3.8, 4) is 22.3 Å². The molecule has 0 saturated heterocycles. The van der Waals surface area contributed by atoms with E-state index in [1.54, 1.807) is 0 Å². The molecule has 0 N–H and O–H groups in total. The monoisotopic (exact) mass is 935 g/mol. The van der Waals surface area contributed by atoms with Crippen molar-refractivity contribution in [2.75, 3.05) is 4.90 Å². The molecule has 330 valence electrons. The molecule has 0 atom stereocenters. The molecule has 0 bridgehead atoms. The Kier molecular flexibility index (Phi) is 8.24. The van der Waals surface area contributed by atoms with Crippen LogP contribution in [0.5, 0.6) is 0 Å². The maximum absolute atomic E-state index is 2.56. The number of benzene rings is 12. The molecule has 0 fully saturated rings. The van der Waals surface area contributed by atoms with Crippen LogP contribution in [0.25, 0.3) is 54.6 Å². The highest BCUT2D eigenvalue weighted by Gasteiger charge is 2.52. The van der Waals surface area contributed by atoms with Gasteiger partial charge in [0.15, 0.2) is 0 Å². The minimum atomic E-state index is -0.513. The molecule has 2 heterocycles. The van der Waals surface area contributed by atoms with Crippen molar-refractivity contribution >= 4 is 72.9 Å². The zero-order chi connectivity index (χ0) is 46.4. The topological polar surface area (TPSA) is 3.24 Å². The van der Waals surface area contributed by atoms with Crippen molar-refractivity contribution < 1.29 is 0 Å². The lowest BCUT2D eigenvalue weighted by Gasteiger charge is -2.40. The molecular weight excluding hydrogens is 895 g/mol. The van der Waals surface area contributed by atoms with Crippen molar-refractivity contribution in [2.24, 2.45) is 0 Å². The summed E-state index contributed by atoms with van der Waals surface area (Å²) in [4.78, 5) is 7.78. The van der Waals surface area contributed by atoms with Gasteiger partial charge in [0, 0.05) is 36.6 Å². The number of anilines is 3. The van der Waals surface area contributed by atoms with Gasteiger partial charge in [0.1, 0.15) is 0 Å². The first-order valence-corrected chi connectivity index (χ1v) is 26.2. The van der Waals surface area contributed by atoms with Crippen LogP contribution in [0.2, 0.25) is 0 Å². The van der Waals surface area contributed by atoms with Gasteiger partial charge in [-0.2, -0.15) is 0 Å². The van der Waals surface area contributed by atoms with E-state index in [4.69, 9.17) is 0 Å². The third-order valence-electron chi connectivity index (χ3n) is 16.2. The summed E-state index contributed by atoms with van der Waals surface area (Å²) in [6.45, 7) is 0. The zero-order valence-corrected chi connectivity index (χ0v) is 40.1. The fourth-order valence-electron chi connectivity index (χ4n) is 13.4. The normalized spacial score (nSPS) is 14.6. The van der Waals surface area contributed by atoms with E-state index in [1.807, 2.05) is 23.5 Å². The van der Waals surface area contributed by atoms with E-state index in [9.17, 15) is 0 Å². The Labute approximate surface area is 421 Å². The Morgan fingerprint density at radius 3 is 0.944 bits per heavy atom. The van der Waals surface area contributed by atoms with Crippen molar-refractivity contribution in [2.45, 2.75) is 30.4 Å². The van der Waals surface area contributed by atoms with E-state index < -0.39 is 10.8 Å². The van der Waals surface area contributed by atoms with Gasteiger partial charge in [-0.3, -0.25) is 0 Å². The molecule has 71 heavy (non-hydrogen) atoms. The summed E-state index contributed by atoms with van der Waals surface area (Å²) < 4.78 is 0. The number of nitrogens with zero attached hydrogens (tertiary/aromatic N) is 1. The van der Waals surface area contributed by atoms with Crippen LogP contribution in [0.4, 0.5) is 17.1 Å². The maximum Gasteiger partial charge on any atom is 0.0736 e. The molecule has 0 unspecified atom stereocenters.